The van der Waals surface area contributed by atoms with Gasteiger partial charge in [0.25, 0.3) is 11.5 Å². The first-order chi connectivity index (χ1) is 16.1. The Morgan fingerprint density at radius 3 is 2.41 bits per heavy atom. The van der Waals surface area contributed by atoms with Crippen LogP contribution < -0.4 is 9.64 Å². The van der Waals surface area contributed by atoms with Crippen LogP contribution in [0.15, 0.2) is 48.0 Å². The molecule has 11 heteroatoms. The number of methoxy groups -OCH3 is 1. The number of benzene rings is 2. The molecule has 3 aromatic rings. The molecule has 0 aliphatic carbocycles. The van der Waals surface area contributed by atoms with Gasteiger partial charge in [-0.3, -0.25) is 24.6 Å². The minimum Gasteiger partial charge on any atom is -0.507 e. The lowest BCUT2D eigenvalue weighted by Gasteiger charge is -2.23. The zero-order valence-electron chi connectivity index (χ0n) is 18.2. The molecule has 0 bridgehead atoms. The van der Waals surface area contributed by atoms with Crippen LogP contribution in [0.25, 0.3) is 5.76 Å². The molecule has 9 nitrogen and oxygen atoms in total. The zero-order valence-corrected chi connectivity index (χ0v) is 19.8. The summed E-state index contributed by atoms with van der Waals surface area (Å²) in [6, 6.07) is 8.86. The molecule has 0 saturated carbocycles. The fourth-order valence-corrected chi connectivity index (χ4v) is 4.85. The van der Waals surface area contributed by atoms with Gasteiger partial charge >= 0.3 is 5.91 Å². The summed E-state index contributed by atoms with van der Waals surface area (Å²) < 4.78 is 5.13. The van der Waals surface area contributed by atoms with Crippen LogP contribution in [0, 0.1) is 24.0 Å². The number of nitrogens with zero attached hydrogens (tertiary/aromatic N) is 3. The van der Waals surface area contributed by atoms with Gasteiger partial charge in [-0.05, 0) is 49.7 Å². The van der Waals surface area contributed by atoms with Gasteiger partial charge < -0.3 is 9.84 Å². The second-order valence-corrected chi connectivity index (χ2v) is 9.09. The summed E-state index contributed by atoms with van der Waals surface area (Å²) in [6.45, 7) is 3.62. The number of ketones is 1. The van der Waals surface area contributed by atoms with Crippen LogP contribution in [0.5, 0.6) is 5.75 Å². The number of thiazole rings is 1. The minimum absolute atomic E-state index is 0.149. The van der Waals surface area contributed by atoms with Gasteiger partial charge in [0.15, 0.2) is 5.13 Å². The Kier molecular flexibility index (Phi) is 6.11. The van der Waals surface area contributed by atoms with Crippen molar-refractivity contribution in [3.63, 3.8) is 0 Å². The molecule has 34 heavy (non-hydrogen) atoms. The maximum atomic E-state index is 13.2. The number of ether oxygens (including phenoxy) is 1. The first-order valence-electron chi connectivity index (χ1n) is 9.97. The molecule has 1 fully saturated rings. The highest BCUT2D eigenvalue weighted by atomic mass is 35.5. The second kappa shape index (κ2) is 8.88. The van der Waals surface area contributed by atoms with Gasteiger partial charge in [-0.15, -0.1) is 11.3 Å². The van der Waals surface area contributed by atoms with E-state index in [1.807, 2.05) is 6.92 Å². The lowest BCUT2D eigenvalue weighted by molar-refractivity contribution is -0.384. The number of halogens is 1. The van der Waals surface area contributed by atoms with Crippen molar-refractivity contribution in [1.82, 2.24) is 4.98 Å². The fraction of sp³-hybridized carbons (Fsp3) is 0.174. The van der Waals surface area contributed by atoms with Gasteiger partial charge in [-0.1, -0.05) is 11.6 Å². The summed E-state index contributed by atoms with van der Waals surface area (Å²) in [4.78, 5) is 43.4. The highest BCUT2D eigenvalue weighted by molar-refractivity contribution is 7.16. The zero-order chi connectivity index (χ0) is 24.7. The first-order valence-corrected chi connectivity index (χ1v) is 11.2. The molecule has 0 radical (unpaired) electrons. The number of hydrogen-bond acceptors (Lipinski definition) is 8. The SMILES string of the molecule is COc1ccc(/C(O)=C2\C(=O)C(=O)N(c3nc(C)c(C)s3)[C@@H]2c2ccc([N+](=O)[O-])cc2)cc1Cl. The third kappa shape index (κ3) is 3.91. The van der Waals surface area contributed by atoms with Crippen molar-refractivity contribution in [2.75, 3.05) is 12.0 Å². The summed E-state index contributed by atoms with van der Waals surface area (Å²) in [5.41, 5.74) is 0.985. The minimum atomic E-state index is -1.05. The highest BCUT2D eigenvalue weighted by Crippen LogP contribution is 2.44. The van der Waals surface area contributed by atoms with Crippen molar-refractivity contribution in [1.29, 1.82) is 0 Å². The number of aliphatic hydroxyl groups is 1. The van der Waals surface area contributed by atoms with E-state index in [0.29, 0.717) is 17.0 Å². The molecule has 1 atom stereocenters. The Morgan fingerprint density at radius 1 is 1.21 bits per heavy atom. The average Bonchev–Trinajstić information content (AvgIpc) is 3.28. The molecule has 0 unspecified atom stereocenters. The van der Waals surface area contributed by atoms with E-state index in [2.05, 4.69) is 4.98 Å². The molecule has 1 aromatic heterocycles. The molecular formula is C23H18ClN3O6S. The summed E-state index contributed by atoms with van der Waals surface area (Å²) in [5, 5.41) is 22.8. The molecule has 174 valence electrons. The number of aromatic nitrogens is 1. The van der Waals surface area contributed by atoms with E-state index < -0.39 is 28.4 Å². The van der Waals surface area contributed by atoms with Gasteiger partial charge in [-0.25, -0.2) is 4.98 Å². The average molecular weight is 500 g/mol. The first kappa shape index (κ1) is 23.4. The van der Waals surface area contributed by atoms with Crippen LogP contribution in [-0.2, 0) is 9.59 Å². The van der Waals surface area contributed by atoms with Gasteiger partial charge in [0.2, 0.25) is 0 Å². The molecule has 4 rings (SSSR count). The maximum Gasteiger partial charge on any atom is 0.301 e. The number of rotatable bonds is 5. The number of carbonyl (C=O) groups excluding carboxylic acids is 2. The fourth-order valence-electron chi connectivity index (χ4n) is 3.65. The van der Waals surface area contributed by atoms with Crippen LogP contribution in [0.4, 0.5) is 10.8 Å². The van der Waals surface area contributed by atoms with Crippen molar-refractivity contribution in [2.45, 2.75) is 19.9 Å². The van der Waals surface area contributed by atoms with E-state index in [1.54, 1.807) is 6.92 Å². The van der Waals surface area contributed by atoms with Crippen LogP contribution in [0.1, 0.15) is 27.7 Å². The second-order valence-electron chi connectivity index (χ2n) is 7.51. The molecule has 1 aliphatic rings. The quantitative estimate of drug-likeness (QED) is 0.173. The van der Waals surface area contributed by atoms with Gasteiger partial charge in [-0.2, -0.15) is 0 Å². The monoisotopic (exact) mass is 499 g/mol. The number of aliphatic hydroxyl groups excluding tert-OH is 1. The van der Waals surface area contributed by atoms with E-state index >= 15 is 0 Å². The van der Waals surface area contributed by atoms with Crippen molar-refractivity contribution >= 4 is 51.2 Å². The van der Waals surface area contributed by atoms with Crippen molar-refractivity contribution in [2.24, 2.45) is 0 Å². The number of anilines is 1. The molecule has 2 heterocycles. The van der Waals surface area contributed by atoms with Crippen molar-refractivity contribution in [3.05, 3.63) is 84.9 Å². The Labute approximate surface area is 203 Å². The van der Waals surface area contributed by atoms with E-state index in [9.17, 15) is 24.8 Å². The maximum absolute atomic E-state index is 13.2. The lowest BCUT2D eigenvalue weighted by Crippen LogP contribution is -2.29. The van der Waals surface area contributed by atoms with Crippen LogP contribution in [0.3, 0.4) is 0 Å². The molecule has 1 saturated heterocycles. The van der Waals surface area contributed by atoms with E-state index in [1.165, 1.54) is 65.8 Å². The number of hydrogen-bond donors (Lipinski definition) is 1. The number of amides is 1. The van der Waals surface area contributed by atoms with Crippen LogP contribution in [-0.4, -0.2) is 33.8 Å². The normalized spacial score (nSPS) is 17.3. The topological polar surface area (TPSA) is 123 Å². The largest absolute Gasteiger partial charge is 0.507 e. The Bertz CT molecular complexity index is 1350. The third-order valence-electron chi connectivity index (χ3n) is 5.51. The lowest BCUT2D eigenvalue weighted by atomic mass is 9.95. The molecule has 1 aliphatic heterocycles. The smallest absolute Gasteiger partial charge is 0.301 e. The predicted octanol–water partition coefficient (Wildman–Crippen LogP) is 4.96. The number of non-ortho nitro benzene ring substituents is 1. The van der Waals surface area contributed by atoms with Crippen LogP contribution >= 0.6 is 22.9 Å². The molecular weight excluding hydrogens is 482 g/mol. The summed E-state index contributed by atoms with van der Waals surface area (Å²) in [7, 11) is 1.44. The molecule has 1 amide bonds. The number of nitro groups is 1. The van der Waals surface area contributed by atoms with E-state index in [4.69, 9.17) is 16.3 Å². The standard InChI is InChI=1S/C23H18ClN3O6S/c1-11-12(2)34-23(25-11)26-19(13-4-7-15(8-5-13)27(31)32)18(21(29)22(26)30)20(28)14-6-9-17(33-3)16(24)10-14/h4-10,19,28H,1-3H3/b20-18+/t19-/m1/s1. The number of aryl methyl sites for hydroxylation is 2. The van der Waals surface area contributed by atoms with Crippen molar-refractivity contribution in [3.8, 4) is 5.75 Å². The molecule has 2 aromatic carbocycles. The highest BCUT2D eigenvalue weighted by Gasteiger charge is 2.48. The van der Waals surface area contributed by atoms with Gasteiger partial charge in [0.1, 0.15) is 11.5 Å². The van der Waals surface area contributed by atoms with E-state index in [0.717, 1.165) is 4.88 Å². The predicted molar refractivity (Wildman–Crippen MR) is 127 cm³/mol. The number of carbonyl (C=O) groups is 2. The Hall–Kier alpha value is -3.76. The molecule has 0 spiro atoms. The van der Waals surface area contributed by atoms with Crippen molar-refractivity contribution < 1.29 is 24.4 Å². The summed E-state index contributed by atoms with van der Waals surface area (Å²) >= 11 is 7.43. The Morgan fingerprint density at radius 2 is 1.88 bits per heavy atom. The number of nitro benzene ring substituents is 1. The Balaban J connectivity index is 1.93. The van der Waals surface area contributed by atoms with Gasteiger partial charge in [0.05, 0.1) is 34.4 Å². The summed E-state index contributed by atoms with van der Waals surface area (Å²) in [6.07, 6.45) is 0. The third-order valence-corrected chi connectivity index (χ3v) is 6.88. The number of Topliss-reactive ketones (excluding diaryl/α,β-unsaturated/α-hetero) is 1. The van der Waals surface area contributed by atoms with Crippen LogP contribution in [0.2, 0.25) is 5.02 Å². The van der Waals surface area contributed by atoms with Gasteiger partial charge in [0, 0.05) is 22.6 Å². The summed E-state index contributed by atoms with van der Waals surface area (Å²) in [5.74, 6) is -1.82. The molecule has 1 N–H and O–H groups in total. The van der Waals surface area contributed by atoms with E-state index in [-0.39, 0.29) is 27.0 Å².